The predicted molar refractivity (Wildman–Crippen MR) is 93.8 cm³/mol. The molecule has 0 aliphatic heterocycles. The summed E-state index contributed by atoms with van der Waals surface area (Å²) in [7, 11) is -3.71. The number of ether oxygens (including phenoxy) is 1. The first kappa shape index (κ1) is 16.1. The Balaban J connectivity index is 1.75. The summed E-state index contributed by atoms with van der Waals surface area (Å²) < 4.78 is 29.7. The van der Waals surface area contributed by atoms with Crippen LogP contribution in [0.3, 0.4) is 0 Å². The standard InChI is InChI=1S/C17H17N3O3S/c1-2-23-14-7-9-15(10-8-14)24(21,22)20-19-12-13-11-18-17-6-4-3-5-16(13)17/h3-12,18,20H,2H2,1H3/b19-12+. The average molecular weight is 343 g/mol. The molecular formula is C17H17N3O3S. The molecule has 1 heterocycles. The number of H-pyrrole nitrogens is 1. The molecule has 24 heavy (non-hydrogen) atoms. The molecule has 0 saturated heterocycles. The van der Waals surface area contributed by atoms with Crippen LogP contribution in [-0.2, 0) is 10.0 Å². The molecule has 0 fully saturated rings. The van der Waals surface area contributed by atoms with E-state index in [-0.39, 0.29) is 4.90 Å². The number of hydrogen-bond donors (Lipinski definition) is 2. The molecule has 1 aromatic heterocycles. The molecule has 6 nitrogen and oxygen atoms in total. The van der Waals surface area contributed by atoms with Crippen molar-refractivity contribution in [2.45, 2.75) is 11.8 Å². The Labute approximate surface area is 140 Å². The molecule has 2 aromatic carbocycles. The van der Waals surface area contributed by atoms with Crippen LogP contribution in [0, 0.1) is 0 Å². The van der Waals surface area contributed by atoms with E-state index in [1.54, 1.807) is 18.3 Å². The number of hydrogen-bond acceptors (Lipinski definition) is 4. The van der Waals surface area contributed by atoms with E-state index < -0.39 is 10.0 Å². The van der Waals surface area contributed by atoms with Crippen LogP contribution in [0.5, 0.6) is 5.75 Å². The highest BCUT2D eigenvalue weighted by Gasteiger charge is 2.12. The molecule has 0 spiro atoms. The maximum absolute atomic E-state index is 12.2. The lowest BCUT2D eigenvalue weighted by molar-refractivity contribution is 0.340. The minimum absolute atomic E-state index is 0.127. The van der Waals surface area contributed by atoms with Crippen molar-refractivity contribution in [1.29, 1.82) is 0 Å². The van der Waals surface area contributed by atoms with Crippen molar-refractivity contribution < 1.29 is 13.2 Å². The number of aromatic nitrogens is 1. The number of nitrogens with zero attached hydrogens (tertiary/aromatic N) is 1. The van der Waals surface area contributed by atoms with E-state index in [1.165, 1.54) is 18.3 Å². The largest absolute Gasteiger partial charge is 0.494 e. The van der Waals surface area contributed by atoms with Crippen LogP contribution in [-0.4, -0.2) is 26.2 Å². The number of fused-ring (bicyclic) bond motifs is 1. The molecule has 0 unspecified atom stereocenters. The topological polar surface area (TPSA) is 83.6 Å². The molecule has 0 saturated carbocycles. The van der Waals surface area contributed by atoms with Gasteiger partial charge >= 0.3 is 0 Å². The van der Waals surface area contributed by atoms with Gasteiger partial charge in [0.05, 0.1) is 17.7 Å². The fraction of sp³-hybridized carbons (Fsp3) is 0.118. The zero-order chi connectivity index (χ0) is 17.0. The first-order chi connectivity index (χ1) is 11.6. The number of hydrazone groups is 1. The molecule has 0 amide bonds. The van der Waals surface area contributed by atoms with Gasteiger partial charge in [-0.3, -0.25) is 0 Å². The van der Waals surface area contributed by atoms with E-state index in [1.807, 2.05) is 31.2 Å². The van der Waals surface area contributed by atoms with Crippen LogP contribution in [0.25, 0.3) is 10.9 Å². The Morgan fingerprint density at radius 1 is 1.17 bits per heavy atom. The van der Waals surface area contributed by atoms with Crippen LogP contribution in [0.15, 0.2) is 64.7 Å². The van der Waals surface area contributed by atoms with Gasteiger partial charge in [0.2, 0.25) is 0 Å². The lowest BCUT2D eigenvalue weighted by Crippen LogP contribution is -2.18. The van der Waals surface area contributed by atoms with Gasteiger partial charge in [-0.15, -0.1) is 0 Å². The molecule has 0 aliphatic carbocycles. The van der Waals surface area contributed by atoms with Crippen molar-refractivity contribution in [3.63, 3.8) is 0 Å². The summed E-state index contributed by atoms with van der Waals surface area (Å²) in [5, 5.41) is 4.83. The highest BCUT2D eigenvalue weighted by Crippen LogP contribution is 2.17. The summed E-state index contributed by atoms with van der Waals surface area (Å²) >= 11 is 0. The van der Waals surface area contributed by atoms with Gasteiger partial charge in [-0.05, 0) is 37.3 Å². The van der Waals surface area contributed by atoms with Gasteiger partial charge in [-0.1, -0.05) is 18.2 Å². The Morgan fingerprint density at radius 2 is 1.92 bits per heavy atom. The van der Waals surface area contributed by atoms with Gasteiger partial charge in [-0.25, -0.2) is 4.83 Å². The molecule has 0 bridgehead atoms. The van der Waals surface area contributed by atoms with E-state index in [2.05, 4.69) is 14.9 Å². The second-order valence-corrected chi connectivity index (χ2v) is 6.71. The average Bonchev–Trinajstić information content (AvgIpc) is 2.99. The zero-order valence-corrected chi connectivity index (χ0v) is 13.9. The number of nitrogens with one attached hydrogen (secondary N) is 2. The minimum atomic E-state index is -3.71. The molecule has 0 atom stereocenters. The normalized spacial score (nSPS) is 11.9. The summed E-state index contributed by atoms with van der Waals surface area (Å²) in [6.45, 7) is 2.39. The van der Waals surface area contributed by atoms with Crippen LogP contribution in [0.1, 0.15) is 12.5 Å². The highest BCUT2D eigenvalue weighted by atomic mass is 32.2. The molecule has 3 aromatic rings. The fourth-order valence-corrected chi connectivity index (χ4v) is 3.09. The third kappa shape index (κ3) is 3.41. The van der Waals surface area contributed by atoms with E-state index in [0.29, 0.717) is 12.4 Å². The van der Waals surface area contributed by atoms with Crippen molar-refractivity contribution in [2.75, 3.05) is 6.61 Å². The predicted octanol–water partition coefficient (Wildman–Crippen LogP) is 2.88. The molecular weight excluding hydrogens is 326 g/mol. The van der Waals surface area contributed by atoms with Crippen molar-refractivity contribution in [3.8, 4) is 5.75 Å². The molecule has 0 radical (unpaired) electrons. The summed E-state index contributed by atoms with van der Waals surface area (Å²) in [6.07, 6.45) is 3.25. The maximum atomic E-state index is 12.2. The monoisotopic (exact) mass is 343 g/mol. The van der Waals surface area contributed by atoms with Crippen molar-refractivity contribution in [1.82, 2.24) is 9.82 Å². The molecule has 7 heteroatoms. The highest BCUT2D eigenvalue weighted by molar-refractivity contribution is 7.89. The number of benzene rings is 2. The summed E-state index contributed by atoms with van der Waals surface area (Å²) in [5.41, 5.74) is 1.77. The van der Waals surface area contributed by atoms with Crippen molar-refractivity contribution in [2.24, 2.45) is 5.10 Å². The van der Waals surface area contributed by atoms with E-state index in [9.17, 15) is 8.42 Å². The third-order valence-electron chi connectivity index (χ3n) is 3.44. The molecule has 2 N–H and O–H groups in total. The summed E-state index contributed by atoms with van der Waals surface area (Å²) in [4.78, 5) is 5.45. The van der Waals surface area contributed by atoms with Gasteiger partial charge in [0.1, 0.15) is 5.75 Å². The number of para-hydroxylation sites is 1. The number of sulfonamides is 1. The lowest BCUT2D eigenvalue weighted by atomic mass is 10.2. The number of aromatic amines is 1. The Kier molecular flexibility index (Phi) is 4.52. The number of rotatable bonds is 6. The van der Waals surface area contributed by atoms with Crippen LogP contribution < -0.4 is 9.57 Å². The van der Waals surface area contributed by atoms with Gasteiger partial charge < -0.3 is 9.72 Å². The first-order valence-corrected chi connectivity index (χ1v) is 8.92. The van der Waals surface area contributed by atoms with Gasteiger partial charge in [0, 0.05) is 22.7 Å². The Morgan fingerprint density at radius 3 is 2.67 bits per heavy atom. The van der Waals surface area contributed by atoms with Crippen LogP contribution >= 0.6 is 0 Å². The second kappa shape index (κ2) is 6.76. The van der Waals surface area contributed by atoms with E-state index in [4.69, 9.17) is 4.74 Å². The molecule has 3 rings (SSSR count). The summed E-state index contributed by atoms with van der Waals surface area (Å²) in [5.74, 6) is 0.624. The van der Waals surface area contributed by atoms with Crippen molar-refractivity contribution in [3.05, 3.63) is 60.3 Å². The molecule has 124 valence electrons. The molecule has 0 aliphatic rings. The third-order valence-corrected chi connectivity index (χ3v) is 4.68. The fourth-order valence-electron chi connectivity index (χ4n) is 2.30. The van der Waals surface area contributed by atoms with Crippen LogP contribution in [0.2, 0.25) is 0 Å². The summed E-state index contributed by atoms with van der Waals surface area (Å²) in [6, 6.07) is 13.9. The van der Waals surface area contributed by atoms with Gasteiger partial charge in [-0.2, -0.15) is 13.5 Å². The van der Waals surface area contributed by atoms with E-state index in [0.717, 1.165) is 16.5 Å². The second-order valence-electron chi connectivity index (χ2n) is 5.05. The van der Waals surface area contributed by atoms with Gasteiger partial charge in [0.25, 0.3) is 10.0 Å². The quantitative estimate of drug-likeness (QED) is 0.533. The smallest absolute Gasteiger partial charge is 0.276 e. The SMILES string of the molecule is CCOc1ccc(S(=O)(=O)N/N=C/c2c[nH]c3ccccc23)cc1. The van der Waals surface area contributed by atoms with Gasteiger partial charge in [0.15, 0.2) is 0 Å². The Hall–Kier alpha value is -2.80. The maximum Gasteiger partial charge on any atom is 0.276 e. The van der Waals surface area contributed by atoms with Crippen molar-refractivity contribution >= 4 is 27.1 Å². The zero-order valence-electron chi connectivity index (χ0n) is 13.1. The first-order valence-electron chi connectivity index (χ1n) is 7.44. The van der Waals surface area contributed by atoms with Crippen LogP contribution in [0.4, 0.5) is 0 Å². The minimum Gasteiger partial charge on any atom is -0.494 e. The van der Waals surface area contributed by atoms with E-state index >= 15 is 0 Å². The lowest BCUT2D eigenvalue weighted by Gasteiger charge is -2.05. The Bertz CT molecular complexity index is 960.